The van der Waals surface area contributed by atoms with Crippen molar-refractivity contribution in [1.82, 2.24) is 13.9 Å². The monoisotopic (exact) mass is 596 g/mol. The highest BCUT2D eigenvalue weighted by Gasteiger charge is 2.43. The van der Waals surface area contributed by atoms with Crippen molar-refractivity contribution in [3.63, 3.8) is 0 Å². The number of thiazole rings is 1. The van der Waals surface area contributed by atoms with Crippen molar-refractivity contribution in [2.24, 2.45) is 0 Å². The summed E-state index contributed by atoms with van der Waals surface area (Å²) in [6, 6.07) is 12.7. The SMILES string of the molecule is Cc1ccc(S(=O)(=O)n2cc(-c3ccc4c(c3)OC(F)(F)O4)c3cc(-c4csc(N5CCOCC5)n4)cnc32)cc1. The second-order valence-corrected chi connectivity index (χ2v) is 12.3. The molecule has 1 fully saturated rings. The predicted octanol–water partition coefficient (Wildman–Crippen LogP) is 5.53. The molecule has 0 amide bonds. The fraction of sp³-hybridized carbons (Fsp3) is 0.214. The molecule has 2 aromatic carbocycles. The van der Waals surface area contributed by atoms with Gasteiger partial charge in [0.1, 0.15) is 0 Å². The molecule has 5 aromatic rings. The van der Waals surface area contributed by atoms with Gasteiger partial charge in [0.2, 0.25) is 0 Å². The largest absolute Gasteiger partial charge is 0.586 e. The van der Waals surface area contributed by atoms with Crippen molar-refractivity contribution >= 4 is 37.5 Å². The number of nitrogens with zero attached hydrogens (tertiary/aromatic N) is 4. The van der Waals surface area contributed by atoms with Gasteiger partial charge in [-0.05, 0) is 42.8 Å². The van der Waals surface area contributed by atoms with Crippen LogP contribution in [0.25, 0.3) is 33.4 Å². The third kappa shape index (κ3) is 4.59. The molecule has 0 N–H and O–H groups in total. The van der Waals surface area contributed by atoms with E-state index in [9.17, 15) is 17.2 Å². The first-order valence-corrected chi connectivity index (χ1v) is 15.0. The molecule has 0 saturated carbocycles. The minimum atomic E-state index is -4.04. The minimum Gasteiger partial charge on any atom is -0.395 e. The Bertz CT molecular complexity index is 1900. The van der Waals surface area contributed by atoms with Gasteiger partial charge < -0.3 is 19.1 Å². The molecule has 0 aliphatic carbocycles. The first-order chi connectivity index (χ1) is 19.7. The van der Waals surface area contributed by atoms with Gasteiger partial charge in [0, 0.05) is 47.4 Å². The summed E-state index contributed by atoms with van der Waals surface area (Å²) < 4.78 is 70.7. The Kier molecular flexibility index (Phi) is 5.99. The van der Waals surface area contributed by atoms with Crippen molar-refractivity contribution in [3.05, 3.63) is 71.9 Å². The zero-order valence-electron chi connectivity index (χ0n) is 21.6. The average Bonchev–Trinajstić information content (AvgIpc) is 3.67. The van der Waals surface area contributed by atoms with E-state index in [0.29, 0.717) is 41.0 Å². The van der Waals surface area contributed by atoms with Crippen LogP contribution in [0.5, 0.6) is 11.5 Å². The number of halogens is 2. The summed E-state index contributed by atoms with van der Waals surface area (Å²) in [5.41, 5.74) is 3.41. The maximum Gasteiger partial charge on any atom is 0.586 e. The molecule has 41 heavy (non-hydrogen) atoms. The molecule has 0 unspecified atom stereocenters. The van der Waals surface area contributed by atoms with E-state index in [2.05, 4.69) is 19.4 Å². The normalized spacial score (nSPS) is 16.4. The molecule has 13 heteroatoms. The maximum absolute atomic E-state index is 13.8. The standard InChI is InChI=1S/C28H22F2N4O5S2/c1-17-2-5-20(6-3-17)41(35,36)34-15-22(18-4-7-24-25(13-18)39-28(29,30)38-24)21-12-19(14-31-26(21)34)23-16-40-27(32-23)33-8-10-37-11-9-33/h2-7,12-16H,8-11H2,1H3. The lowest BCUT2D eigenvalue weighted by atomic mass is 10.0. The molecular weight excluding hydrogens is 574 g/mol. The molecule has 5 heterocycles. The lowest BCUT2D eigenvalue weighted by molar-refractivity contribution is -0.286. The van der Waals surface area contributed by atoms with E-state index in [0.717, 1.165) is 27.8 Å². The van der Waals surface area contributed by atoms with Gasteiger partial charge in [-0.1, -0.05) is 23.8 Å². The highest BCUT2D eigenvalue weighted by Crippen LogP contribution is 2.44. The van der Waals surface area contributed by atoms with E-state index in [4.69, 9.17) is 9.72 Å². The van der Waals surface area contributed by atoms with Gasteiger partial charge in [-0.3, -0.25) is 0 Å². The number of benzene rings is 2. The number of aryl methyl sites for hydroxylation is 1. The molecule has 9 nitrogen and oxygen atoms in total. The number of ether oxygens (including phenoxy) is 3. The predicted molar refractivity (Wildman–Crippen MR) is 149 cm³/mol. The average molecular weight is 597 g/mol. The van der Waals surface area contributed by atoms with Crippen LogP contribution < -0.4 is 14.4 Å². The van der Waals surface area contributed by atoms with Crippen LogP contribution in [0.3, 0.4) is 0 Å². The second kappa shape index (κ2) is 9.50. The summed E-state index contributed by atoms with van der Waals surface area (Å²) in [5.74, 6) is -0.250. The van der Waals surface area contributed by atoms with Gasteiger partial charge in [0.25, 0.3) is 10.0 Å². The summed E-state index contributed by atoms with van der Waals surface area (Å²) in [4.78, 5) is 11.6. The summed E-state index contributed by atoms with van der Waals surface area (Å²) >= 11 is 1.51. The number of hydrogen-bond acceptors (Lipinski definition) is 9. The number of rotatable bonds is 5. The Balaban J connectivity index is 1.37. The Morgan fingerprint density at radius 1 is 0.976 bits per heavy atom. The third-order valence-electron chi connectivity index (χ3n) is 6.97. The lowest BCUT2D eigenvalue weighted by Gasteiger charge is -2.26. The Labute approximate surface area is 237 Å². The molecule has 0 bridgehead atoms. The van der Waals surface area contributed by atoms with Gasteiger partial charge in [-0.25, -0.2) is 22.4 Å². The Morgan fingerprint density at radius 3 is 2.51 bits per heavy atom. The summed E-state index contributed by atoms with van der Waals surface area (Å²) in [6.07, 6.45) is -0.737. The fourth-order valence-corrected chi connectivity index (χ4v) is 7.08. The van der Waals surface area contributed by atoms with E-state index >= 15 is 0 Å². The van der Waals surface area contributed by atoms with Crippen LogP contribution >= 0.6 is 11.3 Å². The van der Waals surface area contributed by atoms with Gasteiger partial charge in [0.15, 0.2) is 22.3 Å². The quantitative estimate of drug-likeness (QED) is 0.261. The number of morpholine rings is 1. The first-order valence-electron chi connectivity index (χ1n) is 12.7. The summed E-state index contributed by atoms with van der Waals surface area (Å²) in [5, 5.41) is 3.29. The fourth-order valence-electron chi connectivity index (χ4n) is 4.87. The van der Waals surface area contributed by atoms with Crippen molar-refractivity contribution in [2.75, 3.05) is 31.2 Å². The molecule has 3 aromatic heterocycles. The van der Waals surface area contributed by atoms with Crippen LogP contribution in [0.4, 0.5) is 13.9 Å². The van der Waals surface area contributed by atoms with Crippen molar-refractivity contribution < 1.29 is 31.4 Å². The van der Waals surface area contributed by atoms with Crippen LogP contribution in [0, 0.1) is 6.92 Å². The molecule has 2 aliphatic rings. The molecule has 0 atom stereocenters. The molecule has 0 spiro atoms. The van der Waals surface area contributed by atoms with E-state index in [1.807, 2.05) is 18.4 Å². The van der Waals surface area contributed by atoms with Gasteiger partial charge in [-0.15, -0.1) is 20.1 Å². The van der Waals surface area contributed by atoms with Gasteiger partial charge in [0.05, 0.1) is 23.8 Å². The second-order valence-electron chi connectivity index (χ2n) is 9.70. The van der Waals surface area contributed by atoms with Crippen LogP contribution in [0.15, 0.2) is 71.2 Å². The highest BCUT2D eigenvalue weighted by molar-refractivity contribution is 7.90. The number of fused-ring (bicyclic) bond motifs is 2. The van der Waals surface area contributed by atoms with Crippen LogP contribution in [-0.4, -0.2) is 55.0 Å². The van der Waals surface area contributed by atoms with E-state index < -0.39 is 16.3 Å². The van der Waals surface area contributed by atoms with E-state index in [1.165, 1.54) is 41.8 Å². The Hall–Kier alpha value is -4.07. The Morgan fingerprint density at radius 2 is 1.73 bits per heavy atom. The highest BCUT2D eigenvalue weighted by atomic mass is 32.2. The maximum atomic E-state index is 13.8. The van der Waals surface area contributed by atoms with Crippen molar-refractivity contribution in [1.29, 1.82) is 0 Å². The molecular formula is C28H22F2N4O5S2. The molecule has 2 aliphatic heterocycles. The van der Waals surface area contributed by atoms with Crippen molar-refractivity contribution in [3.8, 4) is 33.9 Å². The van der Waals surface area contributed by atoms with E-state index in [-0.39, 0.29) is 22.0 Å². The molecule has 210 valence electrons. The van der Waals surface area contributed by atoms with Crippen molar-refractivity contribution in [2.45, 2.75) is 18.1 Å². The topological polar surface area (TPSA) is 95.8 Å². The van der Waals surface area contributed by atoms with Crippen LogP contribution in [-0.2, 0) is 14.8 Å². The summed E-state index contributed by atoms with van der Waals surface area (Å²) in [7, 11) is -4.04. The zero-order valence-corrected chi connectivity index (χ0v) is 23.2. The number of alkyl halides is 2. The summed E-state index contributed by atoms with van der Waals surface area (Å²) in [6.45, 7) is 4.63. The smallest absolute Gasteiger partial charge is 0.395 e. The van der Waals surface area contributed by atoms with Gasteiger partial charge in [-0.2, -0.15) is 0 Å². The third-order valence-corrected chi connectivity index (χ3v) is 9.54. The molecule has 0 radical (unpaired) electrons. The van der Waals surface area contributed by atoms with E-state index in [1.54, 1.807) is 24.4 Å². The zero-order chi connectivity index (χ0) is 28.4. The number of aromatic nitrogens is 3. The number of hydrogen-bond donors (Lipinski definition) is 0. The lowest BCUT2D eigenvalue weighted by Crippen LogP contribution is -2.36. The number of pyridine rings is 1. The first kappa shape index (κ1) is 25.9. The van der Waals surface area contributed by atoms with Gasteiger partial charge >= 0.3 is 6.29 Å². The molecule has 1 saturated heterocycles. The van der Waals surface area contributed by atoms with Crippen LogP contribution in [0.2, 0.25) is 0 Å². The van der Waals surface area contributed by atoms with Crippen LogP contribution in [0.1, 0.15) is 5.56 Å². The number of anilines is 1. The molecule has 7 rings (SSSR count). The minimum absolute atomic E-state index is 0.0948.